The average Bonchev–Trinajstić information content (AvgIpc) is 2.57. The van der Waals surface area contributed by atoms with E-state index in [0.29, 0.717) is 11.6 Å². The first-order valence-corrected chi connectivity index (χ1v) is 6.67. The van der Waals surface area contributed by atoms with Crippen molar-refractivity contribution in [3.8, 4) is 0 Å². The Morgan fingerprint density at radius 3 is 2.25 bits per heavy atom. The number of rotatable bonds is 4. The van der Waals surface area contributed by atoms with Gasteiger partial charge in [-0.25, -0.2) is 0 Å². The lowest BCUT2D eigenvalue weighted by atomic mass is 9.75. The Morgan fingerprint density at radius 2 is 1.88 bits per heavy atom. The number of likely N-dealkylation sites (N-methyl/N-ethyl adjacent to an activating group) is 2. The van der Waals surface area contributed by atoms with Crippen LogP contribution in [-0.4, -0.2) is 55.1 Å². The summed E-state index contributed by atoms with van der Waals surface area (Å²) in [6, 6.07) is 1.18. The second-order valence-corrected chi connectivity index (χ2v) is 6.11. The van der Waals surface area contributed by atoms with Crippen molar-refractivity contribution in [2.75, 3.05) is 27.7 Å². The molecule has 0 aromatic heterocycles. The van der Waals surface area contributed by atoms with Gasteiger partial charge in [-0.3, -0.25) is 0 Å². The molecule has 0 saturated heterocycles. The van der Waals surface area contributed by atoms with Crippen LogP contribution >= 0.6 is 0 Å². The Morgan fingerprint density at radius 1 is 1.19 bits per heavy atom. The molecule has 2 fully saturated rings. The lowest BCUT2D eigenvalue weighted by Crippen LogP contribution is -2.57. The van der Waals surface area contributed by atoms with Gasteiger partial charge in [0, 0.05) is 24.2 Å². The molecular weight excluding hydrogens is 198 g/mol. The highest BCUT2D eigenvalue weighted by Crippen LogP contribution is 2.37. The fourth-order valence-electron chi connectivity index (χ4n) is 3.32. The van der Waals surface area contributed by atoms with Gasteiger partial charge in [0.25, 0.3) is 0 Å². The molecule has 0 bridgehead atoms. The predicted octanol–water partition coefficient (Wildman–Crippen LogP) is 1.28. The molecule has 0 aliphatic heterocycles. The zero-order chi connectivity index (χ0) is 11.8. The van der Waals surface area contributed by atoms with Gasteiger partial charge in [-0.05, 0) is 59.7 Å². The molecule has 0 heterocycles. The predicted molar refractivity (Wildman–Crippen MR) is 68.5 cm³/mol. The van der Waals surface area contributed by atoms with Crippen LogP contribution < -0.4 is 5.73 Å². The molecule has 0 amide bonds. The molecule has 2 aliphatic carbocycles. The summed E-state index contributed by atoms with van der Waals surface area (Å²) in [7, 11) is 6.74. The summed E-state index contributed by atoms with van der Waals surface area (Å²) in [5.74, 6) is 0. The highest BCUT2D eigenvalue weighted by atomic mass is 15.2. The summed E-state index contributed by atoms with van der Waals surface area (Å²) >= 11 is 0. The van der Waals surface area contributed by atoms with Gasteiger partial charge < -0.3 is 15.5 Å². The van der Waals surface area contributed by atoms with Gasteiger partial charge in [0.1, 0.15) is 0 Å². The quantitative estimate of drug-likeness (QED) is 0.782. The van der Waals surface area contributed by atoms with Crippen LogP contribution in [-0.2, 0) is 0 Å². The van der Waals surface area contributed by atoms with E-state index in [2.05, 4.69) is 30.9 Å². The summed E-state index contributed by atoms with van der Waals surface area (Å²) in [5.41, 5.74) is 6.46. The first kappa shape index (κ1) is 12.3. The van der Waals surface area contributed by atoms with Crippen molar-refractivity contribution in [3.05, 3.63) is 0 Å². The molecule has 0 spiro atoms. The van der Waals surface area contributed by atoms with Crippen molar-refractivity contribution >= 4 is 0 Å². The Bertz CT molecular complexity index is 235. The molecule has 0 aromatic carbocycles. The van der Waals surface area contributed by atoms with E-state index in [9.17, 15) is 0 Å². The van der Waals surface area contributed by atoms with E-state index in [4.69, 9.17) is 5.73 Å². The second kappa shape index (κ2) is 4.63. The van der Waals surface area contributed by atoms with Gasteiger partial charge in [0.05, 0.1) is 0 Å². The van der Waals surface area contributed by atoms with Crippen LogP contribution in [0.3, 0.4) is 0 Å². The lowest BCUT2D eigenvalue weighted by molar-refractivity contribution is 0.0167. The van der Waals surface area contributed by atoms with Crippen LogP contribution in [0, 0.1) is 0 Å². The van der Waals surface area contributed by atoms with Gasteiger partial charge in [-0.15, -0.1) is 0 Å². The van der Waals surface area contributed by atoms with Gasteiger partial charge in [0.15, 0.2) is 0 Å². The second-order valence-electron chi connectivity index (χ2n) is 6.11. The van der Waals surface area contributed by atoms with Crippen LogP contribution in [0.4, 0.5) is 0 Å². The molecule has 94 valence electrons. The molecule has 2 saturated carbocycles. The summed E-state index contributed by atoms with van der Waals surface area (Å²) in [6.07, 6.45) is 7.83. The van der Waals surface area contributed by atoms with E-state index in [1.807, 2.05) is 0 Å². The first-order valence-electron chi connectivity index (χ1n) is 6.67. The maximum atomic E-state index is 6.00. The first-order chi connectivity index (χ1) is 7.53. The van der Waals surface area contributed by atoms with Crippen LogP contribution in [0.15, 0.2) is 0 Å². The smallest absolute Gasteiger partial charge is 0.0330 e. The normalized spacial score (nSPS) is 33.4. The topological polar surface area (TPSA) is 32.5 Å². The number of nitrogens with zero attached hydrogens (tertiary/aromatic N) is 2. The molecule has 0 aromatic rings. The van der Waals surface area contributed by atoms with E-state index in [-0.39, 0.29) is 0 Å². The molecular formula is C13H27N3. The molecule has 0 radical (unpaired) electrons. The van der Waals surface area contributed by atoms with Crippen molar-refractivity contribution in [2.24, 2.45) is 5.73 Å². The standard InChI is InChI=1S/C13H27N3/c1-15(2)13(7-4-8-13)10-16(3)12-6-5-11(14)9-12/h11-12H,4-10,14H2,1-3H3. The van der Waals surface area contributed by atoms with E-state index >= 15 is 0 Å². The SMILES string of the molecule is CN(CC1(N(C)C)CCC1)C1CCC(N)C1. The van der Waals surface area contributed by atoms with E-state index in [1.165, 1.54) is 45.1 Å². The molecule has 2 N–H and O–H groups in total. The molecule has 3 nitrogen and oxygen atoms in total. The van der Waals surface area contributed by atoms with Crippen LogP contribution in [0.25, 0.3) is 0 Å². The fourth-order valence-corrected chi connectivity index (χ4v) is 3.32. The lowest BCUT2D eigenvalue weighted by Gasteiger charge is -2.50. The van der Waals surface area contributed by atoms with E-state index in [0.717, 1.165) is 6.04 Å². The van der Waals surface area contributed by atoms with Crippen LogP contribution in [0.2, 0.25) is 0 Å². The van der Waals surface area contributed by atoms with Crippen molar-refractivity contribution in [1.82, 2.24) is 9.80 Å². The highest BCUT2D eigenvalue weighted by molar-refractivity contribution is 4.99. The zero-order valence-corrected chi connectivity index (χ0v) is 11.1. The fraction of sp³-hybridized carbons (Fsp3) is 1.00. The number of nitrogens with two attached hydrogens (primary N) is 1. The van der Waals surface area contributed by atoms with E-state index in [1.54, 1.807) is 0 Å². The van der Waals surface area contributed by atoms with Crippen LogP contribution in [0.5, 0.6) is 0 Å². The van der Waals surface area contributed by atoms with Crippen molar-refractivity contribution in [2.45, 2.75) is 56.1 Å². The molecule has 2 aliphatic rings. The Labute approximate surface area is 100.0 Å². The molecule has 2 atom stereocenters. The van der Waals surface area contributed by atoms with Crippen LogP contribution in [0.1, 0.15) is 38.5 Å². The largest absolute Gasteiger partial charge is 0.328 e. The third-order valence-electron chi connectivity index (χ3n) is 4.85. The molecule has 2 unspecified atom stereocenters. The van der Waals surface area contributed by atoms with Crippen molar-refractivity contribution < 1.29 is 0 Å². The monoisotopic (exact) mass is 225 g/mol. The minimum absolute atomic E-state index is 0.448. The maximum absolute atomic E-state index is 6.00. The van der Waals surface area contributed by atoms with Gasteiger partial charge in [-0.1, -0.05) is 0 Å². The van der Waals surface area contributed by atoms with Gasteiger partial charge in [-0.2, -0.15) is 0 Å². The molecule has 3 heteroatoms. The van der Waals surface area contributed by atoms with Gasteiger partial charge >= 0.3 is 0 Å². The minimum atomic E-state index is 0.448. The summed E-state index contributed by atoms with van der Waals surface area (Å²) in [6.45, 7) is 1.22. The number of hydrogen-bond donors (Lipinski definition) is 1. The minimum Gasteiger partial charge on any atom is -0.328 e. The molecule has 2 rings (SSSR count). The Hall–Kier alpha value is -0.120. The van der Waals surface area contributed by atoms with Crippen molar-refractivity contribution in [3.63, 3.8) is 0 Å². The highest BCUT2D eigenvalue weighted by Gasteiger charge is 2.41. The summed E-state index contributed by atoms with van der Waals surface area (Å²) in [5, 5.41) is 0. The van der Waals surface area contributed by atoms with E-state index < -0.39 is 0 Å². The van der Waals surface area contributed by atoms with Crippen molar-refractivity contribution in [1.29, 1.82) is 0 Å². The average molecular weight is 225 g/mol. The Balaban J connectivity index is 1.88. The molecule has 16 heavy (non-hydrogen) atoms. The number of hydrogen-bond acceptors (Lipinski definition) is 3. The third-order valence-corrected chi connectivity index (χ3v) is 4.85. The zero-order valence-electron chi connectivity index (χ0n) is 11.1. The Kier molecular flexibility index (Phi) is 3.57. The third kappa shape index (κ3) is 2.27. The van der Waals surface area contributed by atoms with Gasteiger partial charge in [0.2, 0.25) is 0 Å². The summed E-state index contributed by atoms with van der Waals surface area (Å²) < 4.78 is 0. The maximum Gasteiger partial charge on any atom is 0.0330 e. The summed E-state index contributed by atoms with van der Waals surface area (Å²) in [4.78, 5) is 4.99.